The number of aromatic nitrogens is 2. The molecule has 1 amide bonds. The number of likely N-dealkylation sites (N-methyl/N-ethyl adjacent to an activating group) is 1. The number of hydrogen-bond donors (Lipinski definition) is 0. The fraction of sp³-hybridized carbons (Fsp3) is 0.111. The number of aryl methyl sites for hydroxylation is 1. The lowest BCUT2D eigenvalue weighted by atomic mass is 10.1. The van der Waals surface area contributed by atoms with E-state index in [4.69, 9.17) is 16.0 Å². The molecule has 25 heavy (non-hydrogen) atoms. The van der Waals surface area contributed by atoms with Crippen molar-refractivity contribution in [1.29, 1.82) is 0 Å². The number of rotatable bonds is 2. The Labute approximate surface area is 148 Å². The second-order valence-corrected chi connectivity index (χ2v) is 6.18. The zero-order chi connectivity index (χ0) is 17.6. The summed E-state index contributed by atoms with van der Waals surface area (Å²) in [4.78, 5) is 18.3. The first-order valence-corrected chi connectivity index (χ1v) is 7.98. The first-order valence-electron chi connectivity index (χ1n) is 7.60. The fourth-order valence-corrected chi connectivity index (χ4v) is 2.81. The van der Waals surface area contributed by atoms with Gasteiger partial charge in [0, 0.05) is 23.2 Å². The zero-order valence-electron chi connectivity index (χ0n) is 13.5. The van der Waals surface area contributed by atoms with Crippen molar-refractivity contribution < 1.29 is 9.21 Å². The van der Waals surface area contributed by atoms with Gasteiger partial charge in [-0.25, -0.2) is 0 Å². The molecular weight excluding hydrogens is 340 g/mol. The van der Waals surface area contributed by atoms with Crippen LogP contribution in [0.3, 0.4) is 0 Å². The Bertz CT molecular complexity index is 1010. The van der Waals surface area contributed by atoms with E-state index >= 15 is 0 Å². The van der Waals surface area contributed by atoms with Crippen molar-refractivity contribution in [2.75, 3.05) is 11.9 Å². The van der Waals surface area contributed by atoms with Gasteiger partial charge in [-0.15, -0.1) is 5.10 Å². The van der Waals surface area contributed by atoms with E-state index in [2.05, 4.69) is 15.2 Å². The van der Waals surface area contributed by atoms with Crippen LogP contribution in [0.15, 0.2) is 51.9 Å². The summed E-state index contributed by atoms with van der Waals surface area (Å²) in [5.74, 6) is 0.117. The number of carbonyl (C=O) groups is 1. The van der Waals surface area contributed by atoms with Crippen molar-refractivity contribution in [3.63, 3.8) is 0 Å². The number of anilines is 1. The van der Waals surface area contributed by atoms with Gasteiger partial charge in [0.1, 0.15) is 5.71 Å². The van der Waals surface area contributed by atoms with Gasteiger partial charge in [-0.2, -0.15) is 4.99 Å². The molecule has 0 saturated heterocycles. The molecule has 0 bridgehead atoms. The Morgan fingerprint density at radius 2 is 1.88 bits per heavy atom. The highest BCUT2D eigenvalue weighted by Crippen LogP contribution is 2.31. The average molecular weight is 353 g/mol. The topological polar surface area (TPSA) is 71.6 Å². The molecule has 7 heteroatoms. The largest absolute Gasteiger partial charge is 0.402 e. The third-order valence-electron chi connectivity index (χ3n) is 3.99. The van der Waals surface area contributed by atoms with Gasteiger partial charge in [0.25, 0.3) is 5.91 Å². The van der Waals surface area contributed by atoms with Gasteiger partial charge in [0.05, 0.1) is 5.69 Å². The number of fused-ring (bicyclic) bond motifs is 1. The number of carbonyl (C=O) groups excluding carboxylic acids is 1. The summed E-state index contributed by atoms with van der Waals surface area (Å²) in [6.45, 7) is 1.96. The summed E-state index contributed by atoms with van der Waals surface area (Å²) >= 11 is 5.88. The molecule has 1 aliphatic rings. The van der Waals surface area contributed by atoms with Crippen LogP contribution in [0.2, 0.25) is 5.02 Å². The summed E-state index contributed by atoms with van der Waals surface area (Å²) in [6.07, 6.45) is 0. The molecule has 0 unspecified atom stereocenters. The van der Waals surface area contributed by atoms with Gasteiger partial charge in [-0.3, -0.25) is 4.79 Å². The summed E-state index contributed by atoms with van der Waals surface area (Å²) in [5.41, 5.74) is 3.65. The number of benzene rings is 2. The molecule has 0 fully saturated rings. The maximum absolute atomic E-state index is 12.5. The lowest BCUT2D eigenvalue weighted by Crippen LogP contribution is -2.25. The Kier molecular flexibility index (Phi) is 3.62. The second kappa shape index (κ2) is 5.82. The zero-order valence-corrected chi connectivity index (χ0v) is 14.3. The predicted octanol–water partition coefficient (Wildman–Crippen LogP) is 3.80. The second-order valence-electron chi connectivity index (χ2n) is 5.74. The van der Waals surface area contributed by atoms with Crippen molar-refractivity contribution >= 4 is 34.9 Å². The summed E-state index contributed by atoms with van der Waals surface area (Å²) < 4.78 is 5.58. The molecule has 4 rings (SSSR count). The molecule has 0 atom stereocenters. The van der Waals surface area contributed by atoms with Crippen LogP contribution in [0.25, 0.3) is 11.5 Å². The number of amides is 1. The van der Waals surface area contributed by atoms with Crippen LogP contribution in [0, 0.1) is 6.92 Å². The molecule has 0 radical (unpaired) electrons. The lowest BCUT2D eigenvalue weighted by molar-refractivity contribution is -0.111. The van der Waals surface area contributed by atoms with E-state index in [1.807, 2.05) is 25.1 Å². The van der Waals surface area contributed by atoms with Crippen LogP contribution >= 0.6 is 11.6 Å². The van der Waals surface area contributed by atoms with Crippen molar-refractivity contribution in [3.8, 4) is 11.5 Å². The molecule has 124 valence electrons. The predicted molar refractivity (Wildman–Crippen MR) is 95.5 cm³/mol. The van der Waals surface area contributed by atoms with Crippen molar-refractivity contribution in [3.05, 3.63) is 58.6 Å². The van der Waals surface area contributed by atoms with E-state index in [0.717, 1.165) is 22.4 Å². The van der Waals surface area contributed by atoms with E-state index in [-0.39, 0.29) is 11.9 Å². The van der Waals surface area contributed by atoms with E-state index in [9.17, 15) is 4.79 Å². The van der Waals surface area contributed by atoms with E-state index in [1.165, 1.54) is 0 Å². The molecule has 6 nitrogen and oxygen atoms in total. The van der Waals surface area contributed by atoms with Gasteiger partial charge in [-0.05, 0) is 43.3 Å². The Balaban J connectivity index is 1.74. The highest BCUT2D eigenvalue weighted by Gasteiger charge is 2.32. The Morgan fingerprint density at radius 3 is 2.64 bits per heavy atom. The molecule has 3 aromatic rings. The number of hydrogen-bond acceptors (Lipinski definition) is 5. The van der Waals surface area contributed by atoms with E-state index in [1.54, 1.807) is 36.2 Å². The summed E-state index contributed by atoms with van der Waals surface area (Å²) in [6, 6.07) is 12.8. The first-order chi connectivity index (χ1) is 12.0. The van der Waals surface area contributed by atoms with Gasteiger partial charge in [0.2, 0.25) is 5.89 Å². The quantitative estimate of drug-likeness (QED) is 0.703. The van der Waals surface area contributed by atoms with Gasteiger partial charge in [-0.1, -0.05) is 28.3 Å². The minimum absolute atomic E-state index is 0.0380. The van der Waals surface area contributed by atoms with Crippen LogP contribution in [0.5, 0.6) is 0 Å². The smallest absolute Gasteiger partial charge is 0.343 e. The average Bonchev–Trinajstić information content (AvgIpc) is 3.15. The van der Waals surface area contributed by atoms with Crippen molar-refractivity contribution in [2.24, 2.45) is 4.99 Å². The monoisotopic (exact) mass is 352 g/mol. The highest BCUT2D eigenvalue weighted by atomic mass is 35.5. The maximum Gasteiger partial charge on any atom is 0.343 e. The van der Waals surface area contributed by atoms with E-state index < -0.39 is 0 Å². The van der Waals surface area contributed by atoms with Crippen LogP contribution in [0.1, 0.15) is 11.1 Å². The van der Waals surface area contributed by atoms with Crippen molar-refractivity contribution in [2.45, 2.75) is 6.92 Å². The molecule has 0 N–H and O–H groups in total. The SMILES string of the molecule is Cc1ccc2c(c1)/C(=N/c1nnc(-c3ccc(Cl)cc3)o1)C(=O)N2C. The van der Waals surface area contributed by atoms with Crippen LogP contribution in [-0.2, 0) is 4.79 Å². The van der Waals surface area contributed by atoms with Crippen LogP contribution in [-0.4, -0.2) is 28.9 Å². The minimum atomic E-state index is -0.202. The normalized spacial score (nSPS) is 15.1. The molecule has 0 aliphatic carbocycles. The van der Waals surface area contributed by atoms with Gasteiger partial charge in [0.15, 0.2) is 0 Å². The van der Waals surface area contributed by atoms with Gasteiger partial charge < -0.3 is 9.32 Å². The van der Waals surface area contributed by atoms with Crippen molar-refractivity contribution in [1.82, 2.24) is 10.2 Å². The summed E-state index contributed by atoms with van der Waals surface area (Å²) in [5, 5.41) is 8.53. The number of halogens is 1. The number of aliphatic imine (C=N–C) groups is 1. The molecule has 0 saturated carbocycles. The minimum Gasteiger partial charge on any atom is -0.402 e. The maximum atomic E-state index is 12.5. The molecule has 2 aromatic carbocycles. The molecule has 1 aromatic heterocycles. The van der Waals surface area contributed by atoms with Gasteiger partial charge >= 0.3 is 6.01 Å². The molecule has 0 spiro atoms. The molecule has 2 heterocycles. The third kappa shape index (κ3) is 2.70. The van der Waals surface area contributed by atoms with E-state index in [0.29, 0.717) is 16.6 Å². The Hall–Kier alpha value is -2.99. The standard InChI is InChI=1S/C18H13ClN4O2/c1-10-3-8-14-13(9-10)15(17(24)23(14)2)20-18-22-21-16(25-18)11-4-6-12(19)7-5-11/h3-9H,1-2H3/b20-15-. The Morgan fingerprint density at radius 1 is 1.12 bits per heavy atom. The summed E-state index contributed by atoms with van der Waals surface area (Å²) in [7, 11) is 1.71. The fourth-order valence-electron chi connectivity index (χ4n) is 2.69. The van der Waals surface area contributed by atoms with Crippen LogP contribution in [0.4, 0.5) is 11.7 Å². The molecular formula is C18H13ClN4O2. The molecule has 1 aliphatic heterocycles. The number of nitrogens with zero attached hydrogens (tertiary/aromatic N) is 4. The first kappa shape index (κ1) is 15.5. The lowest BCUT2D eigenvalue weighted by Gasteiger charge is -2.08. The highest BCUT2D eigenvalue weighted by molar-refractivity contribution is 6.54. The third-order valence-corrected chi connectivity index (χ3v) is 4.24. The van der Waals surface area contributed by atoms with Crippen LogP contribution < -0.4 is 4.90 Å².